The minimum absolute atomic E-state index is 0.153. The summed E-state index contributed by atoms with van der Waals surface area (Å²) in [6, 6.07) is -0.254. The molecule has 6 rings (SSSR count). The average Bonchev–Trinajstić information content (AvgIpc) is 3.17. The summed E-state index contributed by atoms with van der Waals surface area (Å²) in [4.78, 5) is 2.17. The highest BCUT2D eigenvalue weighted by molar-refractivity contribution is 5.39. The largest absolute Gasteiger partial charge is 0.392 e. The average molecular weight is 486 g/mol. The standard InChI is InChI=1S/C24H39NO9/c1-25-8-21(9-31-2)11(26)6-12(32-3)23-10-7-22(29)18(27)13(10)24(30,19(28)20(22)34-5)14(17(23)25)15(33-4)16(21)23/h10-20,26-30H,6-9H2,1-5H3/t10-,11-,12+,13-,14?,15?,16-,17-,18-,19+,20+,21+,22-,23+,24-/m1/s1. The van der Waals surface area contributed by atoms with Crippen LogP contribution in [0.1, 0.15) is 12.8 Å². The molecule has 1 aliphatic heterocycles. The number of nitrogens with zero attached hydrogens (tertiary/aromatic N) is 1. The topological polar surface area (TPSA) is 141 Å². The van der Waals surface area contributed by atoms with E-state index in [1.807, 2.05) is 7.05 Å². The first-order chi connectivity index (χ1) is 16.1. The van der Waals surface area contributed by atoms with E-state index in [1.165, 1.54) is 7.11 Å². The van der Waals surface area contributed by atoms with Crippen LogP contribution in [-0.2, 0) is 18.9 Å². The van der Waals surface area contributed by atoms with E-state index in [4.69, 9.17) is 18.9 Å². The molecule has 2 unspecified atom stereocenters. The van der Waals surface area contributed by atoms with Crippen LogP contribution in [0.25, 0.3) is 0 Å². The van der Waals surface area contributed by atoms with Gasteiger partial charge in [-0.3, -0.25) is 0 Å². The van der Waals surface area contributed by atoms with Crippen LogP contribution in [-0.4, -0.2) is 133 Å². The summed E-state index contributed by atoms with van der Waals surface area (Å²) in [7, 11) is 8.24. The van der Waals surface area contributed by atoms with Crippen LogP contribution in [0, 0.1) is 34.5 Å². The maximum absolute atomic E-state index is 12.5. The Morgan fingerprint density at radius 2 is 1.65 bits per heavy atom. The van der Waals surface area contributed by atoms with E-state index >= 15 is 0 Å². The summed E-state index contributed by atoms with van der Waals surface area (Å²) < 4.78 is 23.6. The fourth-order valence-electron chi connectivity index (χ4n) is 10.9. The second-order valence-corrected chi connectivity index (χ2v) is 12.0. The zero-order valence-electron chi connectivity index (χ0n) is 20.5. The predicted octanol–water partition coefficient (Wildman–Crippen LogP) is -2.18. The fourth-order valence-corrected chi connectivity index (χ4v) is 10.9. The number of hydrogen-bond donors (Lipinski definition) is 5. The zero-order valence-corrected chi connectivity index (χ0v) is 20.5. The van der Waals surface area contributed by atoms with E-state index in [0.29, 0.717) is 19.6 Å². The maximum atomic E-state index is 12.5. The first-order valence-electron chi connectivity index (χ1n) is 12.3. The van der Waals surface area contributed by atoms with Crippen molar-refractivity contribution in [3.8, 4) is 0 Å². The van der Waals surface area contributed by atoms with E-state index in [1.54, 1.807) is 21.3 Å². The number of hydrogen-bond acceptors (Lipinski definition) is 10. The van der Waals surface area contributed by atoms with Gasteiger partial charge in [-0.15, -0.1) is 0 Å². The summed E-state index contributed by atoms with van der Waals surface area (Å²) >= 11 is 0. The third-order valence-corrected chi connectivity index (χ3v) is 11.4. The molecule has 15 atom stereocenters. The van der Waals surface area contributed by atoms with Gasteiger partial charge in [0, 0.05) is 76.0 Å². The second-order valence-electron chi connectivity index (χ2n) is 12.0. The van der Waals surface area contributed by atoms with Crippen molar-refractivity contribution < 1.29 is 44.5 Å². The molecule has 34 heavy (non-hydrogen) atoms. The molecule has 7 bridgehead atoms. The number of rotatable bonds is 5. The van der Waals surface area contributed by atoms with Crippen molar-refractivity contribution in [3.05, 3.63) is 0 Å². The molecule has 1 spiro atoms. The summed E-state index contributed by atoms with van der Waals surface area (Å²) in [5.41, 5.74) is -4.81. The van der Waals surface area contributed by atoms with Gasteiger partial charge in [0.25, 0.3) is 0 Å². The Morgan fingerprint density at radius 3 is 2.24 bits per heavy atom. The van der Waals surface area contributed by atoms with E-state index in [9.17, 15) is 25.5 Å². The predicted molar refractivity (Wildman–Crippen MR) is 117 cm³/mol. The number of ether oxygens (including phenoxy) is 4. The van der Waals surface area contributed by atoms with Crippen LogP contribution in [0.3, 0.4) is 0 Å². The zero-order chi connectivity index (χ0) is 24.6. The van der Waals surface area contributed by atoms with Gasteiger partial charge in [0.1, 0.15) is 23.4 Å². The molecule has 10 nitrogen and oxygen atoms in total. The molecule has 1 heterocycles. The van der Waals surface area contributed by atoms with Crippen LogP contribution in [0.2, 0.25) is 0 Å². The van der Waals surface area contributed by atoms with Gasteiger partial charge in [0.2, 0.25) is 0 Å². The Kier molecular flexibility index (Phi) is 5.02. The van der Waals surface area contributed by atoms with Crippen LogP contribution < -0.4 is 0 Å². The van der Waals surface area contributed by atoms with Crippen molar-refractivity contribution in [2.75, 3.05) is 48.6 Å². The van der Waals surface area contributed by atoms with Crippen LogP contribution in [0.15, 0.2) is 0 Å². The number of aliphatic hydroxyl groups is 5. The lowest BCUT2D eigenvalue weighted by Crippen LogP contribution is -2.80. The highest BCUT2D eigenvalue weighted by Crippen LogP contribution is 2.79. The van der Waals surface area contributed by atoms with E-state index in [0.717, 1.165) is 0 Å². The van der Waals surface area contributed by atoms with Crippen molar-refractivity contribution in [1.29, 1.82) is 0 Å². The molecular formula is C24H39NO9. The van der Waals surface area contributed by atoms with Crippen molar-refractivity contribution in [1.82, 2.24) is 4.90 Å². The van der Waals surface area contributed by atoms with Crippen molar-refractivity contribution >= 4 is 0 Å². The molecule has 0 radical (unpaired) electrons. The van der Waals surface area contributed by atoms with Crippen molar-refractivity contribution in [3.63, 3.8) is 0 Å². The lowest BCUT2D eigenvalue weighted by atomic mass is 9.42. The SMILES string of the molecule is COC[C@]12CN(C)[C@@H]3C4C(OC)[C@H]1[C@@]3([C@@H](OC)C[C@H]2O)[C@@H]1C[C@@]2(O)[C@H](O)[C@@H]1[C@]4(O)[C@@H](O)[C@@H]2OC. The highest BCUT2D eigenvalue weighted by Gasteiger charge is 2.90. The first kappa shape index (κ1) is 24.0. The number of methoxy groups -OCH3 is 4. The number of aliphatic hydroxyl groups excluding tert-OH is 3. The first-order valence-corrected chi connectivity index (χ1v) is 12.3. The molecule has 5 aliphatic carbocycles. The van der Waals surface area contributed by atoms with Crippen molar-refractivity contribution in [2.24, 2.45) is 34.5 Å². The minimum Gasteiger partial charge on any atom is -0.392 e. The Bertz CT molecular complexity index is 862. The van der Waals surface area contributed by atoms with Gasteiger partial charge in [-0.1, -0.05) is 0 Å². The highest BCUT2D eigenvalue weighted by atomic mass is 16.5. The molecular weight excluding hydrogens is 446 g/mol. The molecule has 0 aromatic carbocycles. The quantitative estimate of drug-likeness (QED) is 0.292. The molecule has 10 heteroatoms. The van der Waals surface area contributed by atoms with Gasteiger partial charge >= 0.3 is 0 Å². The van der Waals surface area contributed by atoms with Gasteiger partial charge in [0.15, 0.2) is 0 Å². The van der Waals surface area contributed by atoms with Crippen LogP contribution in [0.4, 0.5) is 0 Å². The molecule has 6 aliphatic rings. The molecule has 1 saturated heterocycles. The molecule has 5 saturated carbocycles. The van der Waals surface area contributed by atoms with E-state index in [-0.39, 0.29) is 18.4 Å². The normalized spacial score (nSPS) is 63.9. The number of fused-ring (bicyclic) bond motifs is 2. The Morgan fingerprint density at radius 1 is 0.941 bits per heavy atom. The summed E-state index contributed by atoms with van der Waals surface area (Å²) in [5.74, 6) is -2.05. The van der Waals surface area contributed by atoms with Crippen molar-refractivity contribution in [2.45, 2.75) is 66.7 Å². The van der Waals surface area contributed by atoms with Crippen LogP contribution >= 0.6 is 0 Å². The molecule has 0 aromatic rings. The number of piperidine rings is 1. The van der Waals surface area contributed by atoms with Gasteiger partial charge in [-0.2, -0.15) is 0 Å². The third kappa shape index (κ3) is 2.14. The van der Waals surface area contributed by atoms with Gasteiger partial charge < -0.3 is 49.4 Å². The molecule has 5 N–H and O–H groups in total. The lowest BCUT2D eigenvalue weighted by molar-refractivity contribution is -0.319. The summed E-state index contributed by atoms with van der Waals surface area (Å²) in [6.45, 7) is 0.836. The Balaban J connectivity index is 1.67. The lowest BCUT2D eigenvalue weighted by Gasteiger charge is -2.69. The molecule has 6 fully saturated rings. The van der Waals surface area contributed by atoms with Gasteiger partial charge in [-0.05, 0) is 19.4 Å². The van der Waals surface area contributed by atoms with E-state index < -0.39 is 76.4 Å². The van der Waals surface area contributed by atoms with Crippen LogP contribution in [0.5, 0.6) is 0 Å². The maximum Gasteiger partial charge on any atom is 0.120 e. The smallest absolute Gasteiger partial charge is 0.120 e. The minimum atomic E-state index is -1.76. The van der Waals surface area contributed by atoms with Gasteiger partial charge in [-0.25, -0.2) is 0 Å². The number of likely N-dealkylation sites (tertiary alicyclic amines) is 1. The van der Waals surface area contributed by atoms with Gasteiger partial charge in [0.05, 0.1) is 31.0 Å². The second kappa shape index (κ2) is 7.12. The molecule has 0 aromatic heterocycles. The Labute approximate surface area is 199 Å². The van der Waals surface area contributed by atoms with E-state index in [2.05, 4.69) is 4.90 Å². The Hall–Kier alpha value is -0.400. The summed E-state index contributed by atoms with van der Waals surface area (Å²) in [5, 5.41) is 58.9. The molecule has 194 valence electrons. The third-order valence-electron chi connectivity index (χ3n) is 11.4. The monoisotopic (exact) mass is 485 g/mol. The summed E-state index contributed by atoms with van der Waals surface area (Å²) in [6.07, 6.45) is -4.96. The fraction of sp³-hybridized carbons (Fsp3) is 1.00. The molecule has 0 amide bonds.